The summed E-state index contributed by atoms with van der Waals surface area (Å²) in [6.45, 7) is 17.2. The Hall–Kier alpha value is -1.38. The van der Waals surface area contributed by atoms with E-state index in [1.807, 2.05) is 4.90 Å². The van der Waals surface area contributed by atoms with Gasteiger partial charge in [-0.1, -0.05) is 6.92 Å². The van der Waals surface area contributed by atoms with Crippen LogP contribution >= 0.6 is 0 Å². The van der Waals surface area contributed by atoms with Gasteiger partial charge in [0.25, 0.3) is 5.91 Å². The highest BCUT2D eigenvalue weighted by Crippen LogP contribution is 2.16. The molecule has 1 atom stereocenters. The fourth-order valence-electron chi connectivity index (χ4n) is 4.50. The van der Waals surface area contributed by atoms with Crippen molar-refractivity contribution in [2.45, 2.75) is 45.6 Å². The van der Waals surface area contributed by atoms with Crippen molar-refractivity contribution >= 4 is 11.9 Å². The molecule has 8 nitrogen and oxygen atoms in total. The van der Waals surface area contributed by atoms with Gasteiger partial charge in [-0.25, -0.2) is 0 Å². The number of hydrogen-bond acceptors (Lipinski definition) is 5. The lowest BCUT2D eigenvalue weighted by molar-refractivity contribution is -0.142. The van der Waals surface area contributed by atoms with Gasteiger partial charge in [0.05, 0.1) is 0 Å². The van der Waals surface area contributed by atoms with Gasteiger partial charge in [-0.05, 0) is 45.7 Å². The fraction of sp³-hybridized carbons (Fsp3) is 0.909. The summed E-state index contributed by atoms with van der Waals surface area (Å²) in [6, 6.07) is 0. The number of carbonyl (C=O) groups is 1. The SMILES string of the molecule is CCNC(=NCCCCN1CCN(CC)CC1)N1CCN(C(=O)C2CCCO2)CC1. The molecule has 0 saturated carbocycles. The lowest BCUT2D eigenvalue weighted by atomic mass is 10.2. The highest BCUT2D eigenvalue weighted by Gasteiger charge is 2.30. The van der Waals surface area contributed by atoms with Crippen LogP contribution in [0.1, 0.15) is 39.5 Å². The van der Waals surface area contributed by atoms with Crippen molar-refractivity contribution < 1.29 is 9.53 Å². The maximum absolute atomic E-state index is 12.5. The first-order valence-electron chi connectivity index (χ1n) is 12.1. The maximum atomic E-state index is 12.5. The second-order valence-corrected chi connectivity index (χ2v) is 8.53. The van der Waals surface area contributed by atoms with Crippen LogP contribution in [0.15, 0.2) is 4.99 Å². The molecule has 1 N–H and O–H groups in total. The molecule has 3 saturated heterocycles. The van der Waals surface area contributed by atoms with Gasteiger partial charge < -0.3 is 29.7 Å². The normalized spacial score (nSPS) is 24.5. The maximum Gasteiger partial charge on any atom is 0.251 e. The zero-order chi connectivity index (χ0) is 21.2. The number of amides is 1. The van der Waals surface area contributed by atoms with Gasteiger partial charge in [0.15, 0.2) is 5.96 Å². The number of guanidine groups is 1. The predicted molar refractivity (Wildman–Crippen MR) is 121 cm³/mol. The van der Waals surface area contributed by atoms with Crippen molar-refractivity contribution in [1.29, 1.82) is 0 Å². The molecule has 172 valence electrons. The molecule has 30 heavy (non-hydrogen) atoms. The third kappa shape index (κ3) is 6.82. The molecular formula is C22H42N6O2. The number of rotatable bonds is 8. The molecule has 1 unspecified atom stereocenters. The van der Waals surface area contributed by atoms with E-state index in [1.165, 1.54) is 45.7 Å². The van der Waals surface area contributed by atoms with Gasteiger partial charge in [-0.3, -0.25) is 9.79 Å². The van der Waals surface area contributed by atoms with Gasteiger partial charge in [0.2, 0.25) is 0 Å². The Bertz CT molecular complexity index is 536. The van der Waals surface area contributed by atoms with Crippen molar-refractivity contribution in [1.82, 2.24) is 24.9 Å². The summed E-state index contributed by atoms with van der Waals surface area (Å²) in [5, 5.41) is 3.43. The molecule has 0 bridgehead atoms. The number of hydrogen-bond donors (Lipinski definition) is 1. The van der Waals surface area contributed by atoms with Crippen molar-refractivity contribution in [2.75, 3.05) is 85.1 Å². The predicted octanol–water partition coefficient (Wildman–Crippen LogP) is 0.693. The lowest BCUT2D eigenvalue weighted by Crippen LogP contribution is -2.55. The molecule has 1 amide bonds. The van der Waals surface area contributed by atoms with Crippen LogP contribution in [0.5, 0.6) is 0 Å². The molecule has 0 aliphatic carbocycles. The molecule has 0 radical (unpaired) electrons. The zero-order valence-corrected chi connectivity index (χ0v) is 19.2. The third-order valence-corrected chi connectivity index (χ3v) is 6.49. The van der Waals surface area contributed by atoms with Gasteiger partial charge in [0.1, 0.15) is 6.10 Å². The topological polar surface area (TPSA) is 63.7 Å². The zero-order valence-electron chi connectivity index (χ0n) is 19.2. The van der Waals surface area contributed by atoms with Gasteiger partial charge in [-0.15, -0.1) is 0 Å². The third-order valence-electron chi connectivity index (χ3n) is 6.49. The number of ether oxygens (including phenoxy) is 1. The molecule has 3 fully saturated rings. The molecule has 8 heteroatoms. The average molecular weight is 423 g/mol. The van der Waals surface area contributed by atoms with E-state index < -0.39 is 0 Å². The summed E-state index contributed by atoms with van der Waals surface area (Å²) >= 11 is 0. The Balaban J connectivity index is 1.35. The summed E-state index contributed by atoms with van der Waals surface area (Å²) in [7, 11) is 0. The summed E-state index contributed by atoms with van der Waals surface area (Å²) in [6.07, 6.45) is 4.00. The summed E-state index contributed by atoms with van der Waals surface area (Å²) in [4.78, 5) is 26.8. The Morgan fingerprint density at radius 2 is 1.67 bits per heavy atom. The first kappa shape index (κ1) is 23.3. The molecule has 3 aliphatic heterocycles. The van der Waals surface area contributed by atoms with Crippen molar-refractivity contribution in [3.05, 3.63) is 0 Å². The van der Waals surface area contributed by atoms with Crippen LogP contribution in [0, 0.1) is 0 Å². The van der Waals surface area contributed by atoms with Crippen molar-refractivity contribution in [2.24, 2.45) is 4.99 Å². The minimum atomic E-state index is -0.205. The Labute approximate surface area is 182 Å². The average Bonchev–Trinajstić information content (AvgIpc) is 3.33. The second-order valence-electron chi connectivity index (χ2n) is 8.53. The highest BCUT2D eigenvalue weighted by atomic mass is 16.5. The number of nitrogens with one attached hydrogen (secondary N) is 1. The van der Waals surface area contributed by atoms with E-state index in [0.29, 0.717) is 0 Å². The smallest absolute Gasteiger partial charge is 0.251 e. The van der Waals surface area contributed by atoms with E-state index in [9.17, 15) is 4.79 Å². The highest BCUT2D eigenvalue weighted by molar-refractivity contribution is 5.82. The number of aliphatic imine (C=N–C) groups is 1. The van der Waals surface area contributed by atoms with Crippen molar-refractivity contribution in [3.8, 4) is 0 Å². The fourth-order valence-corrected chi connectivity index (χ4v) is 4.50. The monoisotopic (exact) mass is 422 g/mol. The number of piperazine rings is 2. The van der Waals surface area contributed by atoms with Crippen molar-refractivity contribution in [3.63, 3.8) is 0 Å². The second kappa shape index (κ2) is 12.5. The van der Waals surface area contributed by atoms with Gasteiger partial charge in [0, 0.05) is 72.1 Å². The summed E-state index contributed by atoms with van der Waals surface area (Å²) in [5.41, 5.74) is 0. The molecule has 0 aromatic heterocycles. The molecule has 3 rings (SSSR count). The minimum absolute atomic E-state index is 0.175. The lowest BCUT2D eigenvalue weighted by Gasteiger charge is -2.37. The van der Waals surface area contributed by atoms with Crippen LogP contribution in [0.3, 0.4) is 0 Å². The Morgan fingerprint density at radius 1 is 0.967 bits per heavy atom. The molecule has 0 spiro atoms. The number of nitrogens with zero attached hydrogens (tertiary/aromatic N) is 5. The van der Waals surface area contributed by atoms with Crippen LogP contribution in [0.4, 0.5) is 0 Å². The Morgan fingerprint density at radius 3 is 2.30 bits per heavy atom. The summed E-state index contributed by atoms with van der Waals surface area (Å²) < 4.78 is 5.56. The number of unbranched alkanes of at least 4 members (excludes halogenated alkanes) is 1. The molecule has 3 heterocycles. The van der Waals surface area contributed by atoms with E-state index in [4.69, 9.17) is 9.73 Å². The van der Waals surface area contributed by atoms with E-state index in [1.54, 1.807) is 0 Å². The van der Waals surface area contributed by atoms with E-state index in [2.05, 4.69) is 33.9 Å². The number of likely N-dealkylation sites (N-methyl/N-ethyl adjacent to an activating group) is 1. The number of carbonyl (C=O) groups excluding carboxylic acids is 1. The molecule has 0 aromatic rings. The van der Waals surface area contributed by atoms with E-state index in [0.717, 1.165) is 71.1 Å². The van der Waals surface area contributed by atoms with Crippen LogP contribution in [-0.4, -0.2) is 123 Å². The van der Waals surface area contributed by atoms with Gasteiger partial charge >= 0.3 is 0 Å². The quantitative estimate of drug-likeness (QED) is 0.353. The van der Waals surface area contributed by atoms with Crippen LogP contribution in [-0.2, 0) is 9.53 Å². The van der Waals surface area contributed by atoms with Crippen LogP contribution in [0.25, 0.3) is 0 Å². The minimum Gasteiger partial charge on any atom is -0.368 e. The summed E-state index contributed by atoms with van der Waals surface area (Å²) in [5.74, 6) is 1.17. The molecule has 0 aromatic carbocycles. The Kier molecular flexibility index (Phi) is 9.68. The molecular weight excluding hydrogens is 380 g/mol. The van der Waals surface area contributed by atoms with E-state index in [-0.39, 0.29) is 12.0 Å². The largest absolute Gasteiger partial charge is 0.368 e. The van der Waals surface area contributed by atoms with E-state index >= 15 is 0 Å². The van der Waals surface area contributed by atoms with Gasteiger partial charge in [-0.2, -0.15) is 0 Å². The molecule has 3 aliphatic rings. The standard InChI is InChI=1S/C22H42N6O2/c1-3-23-22(24-9-5-6-10-26-13-11-25(4-2)12-14-26)28-17-15-27(16-18-28)21(29)20-8-7-19-30-20/h20H,3-19H2,1-2H3,(H,23,24). The first-order chi connectivity index (χ1) is 14.7. The van der Waals surface area contributed by atoms with Crippen LogP contribution in [0.2, 0.25) is 0 Å². The first-order valence-corrected chi connectivity index (χ1v) is 12.1. The van der Waals surface area contributed by atoms with Crippen LogP contribution < -0.4 is 5.32 Å².